The van der Waals surface area contributed by atoms with Crippen LogP contribution in [0, 0.1) is 0 Å². The van der Waals surface area contributed by atoms with Crippen LogP contribution in [0.25, 0.3) is 0 Å². The molecule has 1 fully saturated rings. The van der Waals surface area contributed by atoms with Crippen LogP contribution < -0.4 is 15.4 Å². The van der Waals surface area contributed by atoms with E-state index in [2.05, 4.69) is 20.6 Å². The van der Waals surface area contributed by atoms with E-state index in [-0.39, 0.29) is 11.9 Å². The van der Waals surface area contributed by atoms with E-state index in [1.165, 1.54) is 37.6 Å². The molecule has 1 heterocycles. The highest BCUT2D eigenvalue weighted by Gasteiger charge is 2.17. The quantitative estimate of drug-likeness (QED) is 0.731. The lowest BCUT2D eigenvalue weighted by Crippen LogP contribution is -2.35. The summed E-state index contributed by atoms with van der Waals surface area (Å²) in [6, 6.07) is 9.99. The van der Waals surface area contributed by atoms with Crippen molar-refractivity contribution in [3.8, 4) is 5.75 Å². The summed E-state index contributed by atoms with van der Waals surface area (Å²) in [4.78, 5) is 20.8. The average Bonchev–Trinajstić information content (AvgIpc) is 2.97. The molecule has 1 aliphatic rings. The van der Waals surface area contributed by atoms with E-state index in [1.54, 1.807) is 13.2 Å². The highest BCUT2D eigenvalue weighted by molar-refractivity contribution is 5.93. The van der Waals surface area contributed by atoms with Crippen molar-refractivity contribution in [3.05, 3.63) is 47.9 Å². The summed E-state index contributed by atoms with van der Waals surface area (Å²) < 4.78 is 5.17. The minimum Gasteiger partial charge on any atom is -0.497 e. The topological polar surface area (TPSA) is 76.1 Å². The Morgan fingerprint density at radius 3 is 2.56 bits per heavy atom. The van der Waals surface area contributed by atoms with Crippen molar-refractivity contribution < 1.29 is 9.53 Å². The summed E-state index contributed by atoms with van der Waals surface area (Å²) >= 11 is 0. The van der Waals surface area contributed by atoms with Crippen LogP contribution in [0.3, 0.4) is 0 Å². The first-order valence-corrected chi connectivity index (χ1v) is 9.74. The minimum atomic E-state index is -0.109. The number of hydrogen-bond acceptors (Lipinski definition) is 5. The number of carbonyl (C=O) groups excluding carboxylic acids is 1. The van der Waals surface area contributed by atoms with Crippen molar-refractivity contribution in [2.45, 2.75) is 51.0 Å². The number of hydrogen-bond donors (Lipinski definition) is 2. The molecule has 1 aromatic carbocycles. The number of nitrogens with one attached hydrogen (secondary N) is 2. The minimum absolute atomic E-state index is 0.109. The highest BCUT2D eigenvalue weighted by Crippen LogP contribution is 2.18. The van der Waals surface area contributed by atoms with Crippen LogP contribution >= 0.6 is 0 Å². The van der Waals surface area contributed by atoms with E-state index in [0.29, 0.717) is 11.5 Å². The number of ether oxygens (including phenoxy) is 1. The highest BCUT2D eigenvalue weighted by atomic mass is 16.5. The van der Waals surface area contributed by atoms with Gasteiger partial charge in [0.15, 0.2) is 0 Å². The van der Waals surface area contributed by atoms with Gasteiger partial charge in [-0.3, -0.25) is 4.79 Å². The van der Waals surface area contributed by atoms with Crippen LogP contribution in [0.15, 0.2) is 36.7 Å². The number of anilines is 1. The van der Waals surface area contributed by atoms with Gasteiger partial charge in [-0.15, -0.1) is 0 Å². The molecular weight excluding hydrogens is 340 g/mol. The van der Waals surface area contributed by atoms with Gasteiger partial charge < -0.3 is 15.4 Å². The zero-order valence-corrected chi connectivity index (χ0v) is 15.9. The van der Waals surface area contributed by atoms with Gasteiger partial charge in [-0.1, -0.05) is 37.8 Å². The third-order valence-corrected chi connectivity index (χ3v) is 4.97. The Hall–Kier alpha value is -2.63. The monoisotopic (exact) mass is 368 g/mol. The van der Waals surface area contributed by atoms with Crippen LogP contribution in [0.1, 0.15) is 54.6 Å². The molecule has 1 saturated carbocycles. The molecule has 2 aromatic rings. The second-order valence-corrected chi connectivity index (χ2v) is 6.98. The molecule has 3 rings (SSSR count). The van der Waals surface area contributed by atoms with Crippen molar-refractivity contribution in [1.82, 2.24) is 15.3 Å². The molecular formula is C21H28N4O2. The van der Waals surface area contributed by atoms with E-state index in [4.69, 9.17) is 4.74 Å². The van der Waals surface area contributed by atoms with E-state index in [1.807, 2.05) is 24.3 Å². The molecule has 0 bridgehead atoms. The number of rotatable bonds is 7. The van der Waals surface area contributed by atoms with Crippen LogP contribution in [0.4, 0.5) is 5.82 Å². The third kappa shape index (κ3) is 5.94. The van der Waals surface area contributed by atoms with Crippen LogP contribution in [-0.2, 0) is 6.42 Å². The number of aromatic nitrogens is 2. The van der Waals surface area contributed by atoms with E-state index < -0.39 is 0 Å². The SMILES string of the molecule is COc1ccc(CCNc2cc(C(=O)NC3CCCCCC3)ncn2)cc1. The first-order chi connectivity index (χ1) is 13.2. The van der Waals surface area contributed by atoms with Gasteiger partial charge in [-0.25, -0.2) is 9.97 Å². The van der Waals surface area contributed by atoms with Crippen LogP contribution in [0.2, 0.25) is 0 Å². The second kappa shape index (κ2) is 9.90. The van der Waals surface area contributed by atoms with Crippen molar-refractivity contribution in [1.29, 1.82) is 0 Å². The van der Waals surface area contributed by atoms with Gasteiger partial charge in [0, 0.05) is 18.7 Å². The Morgan fingerprint density at radius 2 is 1.85 bits per heavy atom. The van der Waals surface area contributed by atoms with Gasteiger partial charge in [0.2, 0.25) is 0 Å². The molecule has 0 atom stereocenters. The Morgan fingerprint density at radius 1 is 1.11 bits per heavy atom. The molecule has 0 radical (unpaired) electrons. The van der Waals surface area contributed by atoms with Crippen LogP contribution in [-0.4, -0.2) is 35.6 Å². The largest absolute Gasteiger partial charge is 0.497 e. The lowest BCUT2D eigenvalue weighted by atomic mass is 10.1. The Balaban J connectivity index is 1.50. The van der Waals surface area contributed by atoms with Crippen molar-refractivity contribution in [2.24, 2.45) is 0 Å². The summed E-state index contributed by atoms with van der Waals surface area (Å²) in [5, 5.41) is 6.39. The molecule has 6 heteroatoms. The summed E-state index contributed by atoms with van der Waals surface area (Å²) in [5.74, 6) is 1.42. The average molecular weight is 368 g/mol. The summed E-state index contributed by atoms with van der Waals surface area (Å²) in [6.45, 7) is 0.729. The molecule has 27 heavy (non-hydrogen) atoms. The standard InChI is InChI=1S/C21H28N4O2/c1-27-18-10-8-16(9-11-18)12-13-22-20-14-19(23-15-24-20)21(26)25-17-6-4-2-3-5-7-17/h8-11,14-15,17H,2-7,12-13H2,1H3,(H,25,26)(H,22,23,24). The van der Waals surface area contributed by atoms with Crippen molar-refractivity contribution >= 4 is 11.7 Å². The lowest BCUT2D eigenvalue weighted by Gasteiger charge is -2.16. The Kier molecular flexibility index (Phi) is 7.02. The molecule has 2 N–H and O–H groups in total. The Labute approximate surface area is 160 Å². The fourth-order valence-corrected chi connectivity index (χ4v) is 3.39. The molecule has 0 unspecified atom stereocenters. The number of carbonyl (C=O) groups is 1. The molecule has 0 aliphatic heterocycles. The number of nitrogens with zero attached hydrogens (tertiary/aromatic N) is 2. The maximum absolute atomic E-state index is 12.5. The molecule has 1 aromatic heterocycles. The lowest BCUT2D eigenvalue weighted by molar-refractivity contribution is 0.0928. The van der Waals surface area contributed by atoms with Gasteiger partial charge >= 0.3 is 0 Å². The Bertz CT molecular complexity index is 725. The third-order valence-electron chi connectivity index (χ3n) is 4.97. The maximum Gasteiger partial charge on any atom is 0.270 e. The zero-order valence-electron chi connectivity index (χ0n) is 15.9. The smallest absolute Gasteiger partial charge is 0.270 e. The van der Waals surface area contributed by atoms with Crippen molar-refractivity contribution in [2.75, 3.05) is 19.0 Å². The second-order valence-electron chi connectivity index (χ2n) is 6.98. The number of methoxy groups -OCH3 is 1. The van der Waals surface area contributed by atoms with E-state index in [0.717, 1.165) is 31.6 Å². The first-order valence-electron chi connectivity index (χ1n) is 9.74. The zero-order chi connectivity index (χ0) is 18.9. The first kappa shape index (κ1) is 19.1. The van der Waals surface area contributed by atoms with Gasteiger partial charge in [0.25, 0.3) is 5.91 Å². The fraction of sp³-hybridized carbons (Fsp3) is 0.476. The number of benzene rings is 1. The normalized spacial score (nSPS) is 15.0. The molecule has 0 spiro atoms. The predicted molar refractivity (Wildman–Crippen MR) is 106 cm³/mol. The maximum atomic E-state index is 12.5. The molecule has 1 aliphatic carbocycles. The van der Waals surface area contributed by atoms with Gasteiger partial charge in [-0.05, 0) is 37.0 Å². The molecule has 6 nitrogen and oxygen atoms in total. The molecule has 0 saturated heterocycles. The fourth-order valence-electron chi connectivity index (χ4n) is 3.39. The summed E-state index contributed by atoms with van der Waals surface area (Å²) in [7, 11) is 1.66. The van der Waals surface area contributed by atoms with Gasteiger partial charge in [-0.2, -0.15) is 0 Å². The van der Waals surface area contributed by atoms with Crippen molar-refractivity contribution in [3.63, 3.8) is 0 Å². The van der Waals surface area contributed by atoms with E-state index in [9.17, 15) is 4.79 Å². The van der Waals surface area contributed by atoms with Gasteiger partial charge in [0.1, 0.15) is 23.6 Å². The summed E-state index contributed by atoms with van der Waals surface area (Å²) in [5.41, 5.74) is 1.63. The molecule has 1 amide bonds. The molecule has 144 valence electrons. The predicted octanol–water partition coefficient (Wildman–Crippen LogP) is 3.59. The van der Waals surface area contributed by atoms with Crippen LogP contribution in [0.5, 0.6) is 5.75 Å². The summed E-state index contributed by atoms with van der Waals surface area (Å²) in [6.07, 6.45) is 9.33. The van der Waals surface area contributed by atoms with Gasteiger partial charge in [0.05, 0.1) is 7.11 Å². The number of amides is 1. The van der Waals surface area contributed by atoms with E-state index >= 15 is 0 Å².